The van der Waals surface area contributed by atoms with Gasteiger partial charge in [-0.1, -0.05) is 5.16 Å². The highest BCUT2D eigenvalue weighted by molar-refractivity contribution is 5.90. The maximum absolute atomic E-state index is 12.3. The zero-order valence-corrected chi connectivity index (χ0v) is 13.7. The molecule has 0 fully saturated rings. The van der Waals surface area contributed by atoms with Crippen molar-refractivity contribution in [3.05, 3.63) is 48.3 Å². The molecule has 25 heavy (non-hydrogen) atoms. The monoisotopic (exact) mass is 340 g/mol. The number of amides is 1. The van der Waals surface area contributed by atoms with Crippen LogP contribution in [0.25, 0.3) is 11.4 Å². The van der Waals surface area contributed by atoms with Gasteiger partial charge in [-0.05, 0) is 30.3 Å². The van der Waals surface area contributed by atoms with E-state index in [9.17, 15) is 4.79 Å². The van der Waals surface area contributed by atoms with E-state index in [1.54, 1.807) is 56.9 Å². The Morgan fingerprint density at radius 3 is 2.68 bits per heavy atom. The van der Waals surface area contributed by atoms with Crippen LogP contribution in [0.3, 0.4) is 0 Å². The van der Waals surface area contributed by atoms with Crippen LogP contribution >= 0.6 is 0 Å². The lowest BCUT2D eigenvalue weighted by molar-refractivity contribution is -0.115. The van der Waals surface area contributed by atoms with Crippen LogP contribution in [0, 0.1) is 0 Å². The Hall–Kier alpha value is -3.42. The molecule has 0 aliphatic heterocycles. The number of carbonyl (C=O) groups excluding carboxylic acids is 1. The molecular formula is C17H16N4O4. The van der Waals surface area contributed by atoms with Crippen LogP contribution in [0.5, 0.6) is 11.5 Å². The zero-order chi connectivity index (χ0) is 17.6. The molecule has 0 aliphatic carbocycles. The Balaban J connectivity index is 1.70. The standard InChI is InChI=1S/C17H16N4O4/c1-23-13-3-4-14(24-2)12(9-13)10-15(22)19-17-20-16(21-25-17)11-5-7-18-8-6-11/h3-9H,10H2,1-2H3,(H,19,20,21,22). The fraction of sp³-hybridized carbons (Fsp3) is 0.176. The van der Waals surface area contributed by atoms with Gasteiger partial charge in [-0.3, -0.25) is 15.1 Å². The van der Waals surface area contributed by atoms with Crippen molar-refractivity contribution < 1.29 is 18.8 Å². The topological polar surface area (TPSA) is 99.4 Å². The summed E-state index contributed by atoms with van der Waals surface area (Å²) in [6, 6.07) is 8.78. The number of hydrogen-bond acceptors (Lipinski definition) is 7. The molecule has 1 amide bonds. The van der Waals surface area contributed by atoms with Crippen LogP contribution in [-0.4, -0.2) is 35.3 Å². The maximum Gasteiger partial charge on any atom is 0.328 e. The molecule has 8 nitrogen and oxygen atoms in total. The molecule has 0 unspecified atom stereocenters. The summed E-state index contributed by atoms with van der Waals surface area (Å²) in [6.45, 7) is 0. The molecule has 3 aromatic rings. The summed E-state index contributed by atoms with van der Waals surface area (Å²) >= 11 is 0. The first kappa shape index (κ1) is 16.4. The van der Waals surface area contributed by atoms with Gasteiger partial charge in [0.1, 0.15) is 11.5 Å². The van der Waals surface area contributed by atoms with E-state index in [2.05, 4.69) is 20.4 Å². The van der Waals surface area contributed by atoms with Crippen LogP contribution in [0.2, 0.25) is 0 Å². The van der Waals surface area contributed by atoms with E-state index in [1.807, 2.05) is 0 Å². The average molecular weight is 340 g/mol. The molecular weight excluding hydrogens is 324 g/mol. The summed E-state index contributed by atoms with van der Waals surface area (Å²) in [7, 11) is 3.10. The summed E-state index contributed by atoms with van der Waals surface area (Å²) in [6.07, 6.45) is 3.32. The van der Waals surface area contributed by atoms with Crippen molar-refractivity contribution in [1.29, 1.82) is 0 Å². The van der Waals surface area contributed by atoms with Gasteiger partial charge in [-0.15, -0.1) is 0 Å². The van der Waals surface area contributed by atoms with Gasteiger partial charge in [0, 0.05) is 23.5 Å². The minimum Gasteiger partial charge on any atom is -0.497 e. The summed E-state index contributed by atoms with van der Waals surface area (Å²) in [5, 5.41) is 6.41. The Kier molecular flexibility index (Phi) is 4.89. The number of pyridine rings is 1. The van der Waals surface area contributed by atoms with Crippen molar-refractivity contribution in [3.63, 3.8) is 0 Å². The predicted octanol–water partition coefficient (Wildman–Crippen LogP) is 2.33. The summed E-state index contributed by atoms with van der Waals surface area (Å²) in [4.78, 5) is 20.3. The summed E-state index contributed by atoms with van der Waals surface area (Å²) in [5.74, 6) is 1.30. The van der Waals surface area contributed by atoms with E-state index < -0.39 is 0 Å². The number of anilines is 1. The van der Waals surface area contributed by atoms with E-state index in [0.717, 1.165) is 5.56 Å². The molecule has 2 heterocycles. The van der Waals surface area contributed by atoms with Crippen LogP contribution < -0.4 is 14.8 Å². The second-order valence-electron chi connectivity index (χ2n) is 5.06. The first-order valence-corrected chi connectivity index (χ1v) is 7.44. The van der Waals surface area contributed by atoms with Crippen molar-refractivity contribution in [3.8, 4) is 22.9 Å². The maximum atomic E-state index is 12.3. The Bertz CT molecular complexity index is 864. The van der Waals surface area contributed by atoms with E-state index >= 15 is 0 Å². The molecule has 1 aromatic carbocycles. The van der Waals surface area contributed by atoms with E-state index in [1.165, 1.54) is 0 Å². The van der Waals surface area contributed by atoms with Gasteiger partial charge in [0.15, 0.2) is 0 Å². The predicted molar refractivity (Wildman–Crippen MR) is 89.4 cm³/mol. The van der Waals surface area contributed by atoms with E-state index in [0.29, 0.717) is 22.9 Å². The van der Waals surface area contributed by atoms with Crippen molar-refractivity contribution in [2.24, 2.45) is 0 Å². The largest absolute Gasteiger partial charge is 0.497 e. The molecule has 0 saturated carbocycles. The Morgan fingerprint density at radius 2 is 1.96 bits per heavy atom. The highest BCUT2D eigenvalue weighted by atomic mass is 16.5. The number of aromatic nitrogens is 3. The summed E-state index contributed by atoms with van der Waals surface area (Å²) < 4.78 is 15.5. The highest BCUT2D eigenvalue weighted by Crippen LogP contribution is 2.25. The van der Waals surface area contributed by atoms with Crippen molar-refractivity contribution >= 4 is 11.9 Å². The number of nitrogens with zero attached hydrogens (tertiary/aromatic N) is 3. The van der Waals surface area contributed by atoms with E-state index in [4.69, 9.17) is 14.0 Å². The Labute approximate surface area is 143 Å². The van der Waals surface area contributed by atoms with Gasteiger partial charge in [-0.2, -0.15) is 4.98 Å². The molecule has 0 radical (unpaired) electrons. The van der Waals surface area contributed by atoms with Crippen LogP contribution in [0.15, 0.2) is 47.2 Å². The number of rotatable bonds is 6. The van der Waals surface area contributed by atoms with Gasteiger partial charge in [0.05, 0.1) is 20.6 Å². The molecule has 1 N–H and O–H groups in total. The number of ether oxygens (including phenoxy) is 2. The van der Waals surface area contributed by atoms with E-state index in [-0.39, 0.29) is 18.3 Å². The second-order valence-corrected chi connectivity index (χ2v) is 5.06. The van der Waals surface area contributed by atoms with Gasteiger partial charge in [0.25, 0.3) is 0 Å². The minimum absolute atomic E-state index is 0.0266. The smallest absolute Gasteiger partial charge is 0.328 e. The third-order valence-electron chi connectivity index (χ3n) is 3.45. The lowest BCUT2D eigenvalue weighted by Gasteiger charge is -2.09. The molecule has 0 atom stereocenters. The third-order valence-corrected chi connectivity index (χ3v) is 3.45. The SMILES string of the molecule is COc1ccc(OC)c(CC(=O)Nc2nc(-c3ccncc3)no2)c1. The average Bonchev–Trinajstić information content (AvgIpc) is 3.10. The van der Waals surface area contributed by atoms with Crippen LogP contribution in [0.1, 0.15) is 5.56 Å². The molecule has 3 rings (SSSR count). The fourth-order valence-corrected chi connectivity index (χ4v) is 2.25. The van der Waals surface area contributed by atoms with Crippen molar-refractivity contribution in [2.75, 3.05) is 19.5 Å². The van der Waals surface area contributed by atoms with Gasteiger partial charge in [0.2, 0.25) is 11.7 Å². The fourth-order valence-electron chi connectivity index (χ4n) is 2.25. The number of benzene rings is 1. The molecule has 128 valence electrons. The third kappa shape index (κ3) is 3.92. The first-order valence-electron chi connectivity index (χ1n) is 7.44. The number of carbonyl (C=O) groups is 1. The lowest BCUT2D eigenvalue weighted by atomic mass is 10.1. The van der Waals surface area contributed by atoms with Gasteiger partial charge < -0.3 is 14.0 Å². The molecule has 0 spiro atoms. The van der Waals surface area contributed by atoms with Crippen LogP contribution in [0.4, 0.5) is 6.01 Å². The molecule has 0 saturated heterocycles. The van der Waals surface area contributed by atoms with Gasteiger partial charge in [-0.25, -0.2) is 0 Å². The van der Waals surface area contributed by atoms with Crippen molar-refractivity contribution in [1.82, 2.24) is 15.1 Å². The van der Waals surface area contributed by atoms with Crippen LogP contribution in [-0.2, 0) is 11.2 Å². The second kappa shape index (κ2) is 7.43. The number of methoxy groups -OCH3 is 2. The minimum atomic E-state index is -0.309. The molecule has 0 bridgehead atoms. The quantitative estimate of drug-likeness (QED) is 0.735. The number of nitrogens with one attached hydrogen (secondary N) is 1. The van der Waals surface area contributed by atoms with Gasteiger partial charge >= 0.3 is 6.01 Å². The highest BCUT2D eigenvalue weighted by Gasteiger charge is 2.14. The molecule has 0 aliphatic rings. The number of hydrogen-bond donors (Lipinski definition) is 1. The molecule has 8 heteroatoms. The first-order chi connectivity index (χ1) is 12.2. The van der Waals surface area contributed by atoms with Crippen molar-refractivity contribution in [2.45, 2.75) is 6.42 Å². The lowest BCUT2D eigenvalue weighted by Crippen LogP contribution is -2.15. The Morgan fingerprint density at radius 1 is 1.16 bits per heavy atom. The molecule has 2 aromatic heterocycles. The normalized spacial score (nSPS) is 10.3. The zero-order valence-electron chi connectivity index (χ0n) is 13.7. The summed E-state index contributed by atoms with van der Waals surface area (Å²) in [5.41, 5.74) is 1.43.